The number of allylic oxidation sites excluding steroid dienone is 1. The summed E-state index contributed by atoms with van der Waals surface area (Å²) in [5.74, 6) is -0.857. The lowest BCUT2D eigenvalue weighted by Gasteiger charge is -2.05. The van der Waals surface area contributed by atoms with Crippen LogP contribution in [0.2, 0.25) is 0 Å². The van der Waals surface area contributed by atoms with E-state index in [1.807, 2.05) is 24.3 Å². The normalized spacial score (nSPS) is 10.6. The van der Waals surface area contributed by atoms with Crippen molar-refractivity contribution in [3.05, 3.63) is 83.1 Å². The smallest absolute Gasteiger partial charge is 0.325 e. The highest BCUT2D eigenvalue weighted by molar-refractivity contribution is 5.94. The van der Waals surface area contributed by atoms with Crippen molar-refractivity contribution < 1.29 is 19.1 Å². The Labute approximate surface area is 183 Å². The molecule has 6 heteroatoms. The maximum absolute atomic E-state index is 12.2. The first kappa shape index (κ1) is 23.9. The molecule has 2 aromatic rings. The van der Waals surface area contributed by atoms with Crippen LogP contribution in [-0.4, -0.2) is 31.4 Å². The number of rotatable bonds is 11. The largest absolute Gasteiger partial charge is 0.468 e. The molecule has 0 heterocycles. The molecule has 0 spiro atoms. The fraction of sp³-hybridized carbons (Fsp3) is 0.320. The molecule has 0 atom stereocenters. The van der Waals surface area contributed by atoms with E-state index in [9.17, 15) is 14.4 Å². The number of hydrogen-bond acceptors (Lipinski definition) is 4. The van der Waals surface area contributed by atoms with Crippen molar-refractivity contribution in [1.29, 1.82) is 0 Å². The Morgan fingerprint density at radius 2 is 1.55 bits per heavy atom. The minimum absolute atomic E-state index is 0.120. The zero-order chi connectivity index (χ0) is 22.5. The predicted octanol–water partition coefficient (Wildman–Crippen LogP) is 3.54. The lowest BCUT2D eigenvalue weighted by Crippen LogP contribution is -2.29. The topological polar surface area (TPSA) is 84.5 Å². The van der Waals surface area contributed by atoms with E-state index in [-0.39, 0.29) is 18.4 Å². The highest BCUT2D eigenvalue weighted by atomic mass is 16.5. The summed E-state index contributed by atoms with van der Waals surface area (Å²) in [6.45, 7) is 2.02. The molecule has 0 saturated heterocycles. The van der Waals surface area contributed by atoms with Gasteiger partial charge in [0.25, 0.3) is 5.91 Å². The lowest BCUT2D eigenvalue weighted by atomic mass is 10.0. The van der Waals surface area contributed by atoms with E-state index < -0.39 is 5.97 Å². The minimum atomic E-state index is -0.477. The van der Waals surface area contributed by atoms with Gasteiger partial charge in [0.1, 0.15) is 6.54 Å². The molecule has 2 aromatic carbocycles. The van der Waals surface area contributed by atoms with Gasteiger partial charge in [0, 0.05) is 18.2 Å². The Balaban J connectivity index is 1.69. The Hall–Kier alpha value is -3.41. The second kappa shape index (κ2) is 13.0. The summed E-state index contributed by atoms with van der Waals surface area (Å²) >= 11 is 0. The summed E-state index contributed by atoms with van der Waals surface area (Å²) in [6.07, 6.45) is 6.83. The number of ether oxygens (including phenoxy) is 1. The van der Waals surface area contributed by atoms with Gasteiger partial charge in [-0.3, -0.25) is 14.4 Å². The summed E-state index contributed by atoms with van der Waals surface area (Å²) in [6, 6.07) is 16.2. The van der Waals surface area contributed by atoms with Crippen LogP contribution in [0, 0.1) is 0 Å². The number of benzene rings is 2. The Morgan fingerprint density at radius 1 is 0.935 bits per heavy atom. The van der Waals surface area contributed by atoms with Crippen LogP contribution >= 0.6 is 0 Å². The number of carbonyl (C=O) groups excluding carboxylic acids is 3. The van der Waals surface area contributed by atoms with Crippen LogP contribution in [0.5, 0.6) is 0 Å². The van der Waals surface area contributed by atoms with E-state index in [1.165, 1.54) is 18.2 Å². The molecule has 2 N–H and O–H groups in total. The van der Waals surface area contributed by atoms with Gasteiger partial charge in [-0.05, 0) is 54.5 Å². The first-order chi connectivity index (χ1) is 15.0. The molecular weight excluding hydrogens is 392 g/mol. The molecule has 0 aliphatic rings. The SMILES string of the molecule is CCc1ccc(Cc2ccc(C(=O)N/C=C\CCCC(=O)NCC(=O)OC)cc2)cc1. The van der Waals surface area contributed by atoms with E-state index in [0.717, 1.165) is 18.4 Å². The molecule has 0 aliphatic carbocycles. The number of nitrogens with one attached hydrogen (secondary N) is 2. The predicted molar refractivity (Wildman–Crippen MR) is 121 cm³/mol. The number of unbranched alkanes of at least 4 members (excludes halogenated alkanes) is 1. The van der Waals surface area contributed by atoms with Crippen LogP contribution in [0.15, 0.2) is 60.8 Å². The van der Waals surface area contributed by atoms with E-state index >= 15 is 0 Å². The van der Waals surface area contributed by atoms with Gasteiger partial charge in [0.2, 0.25) is 5.91 Å². The summed E-state index contributed by atoms with van der Waals surface area (Å²) in [5, 5.41) is 5.22. The summed E-state index contributed by atoms with van der Waals surface area (Å²) in [5.41, 5.74) is 4.32. The number of amides is 2. The van der Waals surface area contributed by atoms with Crippen LogP contribution in [0.1, 0.15) is 53.2 Å². The first-order valence-corrected chi connectivity index (χ1v) is 10.5. The van der Waals surface area contributed by atoms with Crippen molar-refractivity contribution in [1.82, 2.24) is 10.6 Å². The molecule has 2 amide bonds. The third kappa shape index (κ3) is 8.86. The Bertz CT molecular complexity index is 887. The highest BCUT2D eigenvalue weighted by Gasteiger charge is 2.05. The number of hydrogen-bond donors (Lipinski definition) is 2. The standard InChI is InChI=1S/C25H30N2O4/c1-3-19-8-10-20(11-9-19)17-21-12-14-22(15-13-21)25(30)26-16-6-4-5-7-23(28)27-18-24(29)31-2/h6,8-16H,3-5,7,17-18H2,1-2H3,(H,26,30)(H,27,28)/b16-6-. The zero-order valence-electron chi connectivity index (χ0n) is 18.1. The van der Waals surface area contributed by atoms with Gasteiger partial charge in [-0.25, -0.2) is 0 Å². The van der Waals surface area contributed by atoms with Crippen LogP contribution in [0.4, 0.5) is 0 Å². The lowest BCUT2D eigenvalue weighted by molar-refractivity contribution is -0.141. The van der Waals surface area contributed by atoms with Crippen molar-refractivity contribution >= 4 is 17.8 Å². The minimum Gasteiger partial charge on any atom is -0.468 e. The van der Waals surface area contributed by atoms with Crippen LogP contribution in [0.3, 0.4) is 0 Å². The van der Waals surface area contributed by atoms with Gasteiger partial charge in [-0.15, -0.1) is 0 Å². The van der Waals surface area contributed by atoms with Gasteiger partial charge in [-0.1, -0.05) is 49.4 Å². The molecule has 0 fully saturated rings. The monoisotopic (exact) mass is 422 g/mol. The highest BCUT2D eigenvalue weighted by Crippen LogP contribution is 2.12. The third-order valence-electron chi connectivity index (χ3n) is 4.82. The second-order valence-electron chi connectivity index (χ2n) is 7.16. The maximum atomic E-state index is 12.2. The molecule has 0 saturated carbocycles. The number of aryl methyl sites for hydroxylation is 1. The van der Waals surface area contributed by atoms with E-state index in [4.69, 9.17) is 0 Å². The first-order valence-electron chi connectivity index (χ1n) is 10.5. The summed E-state index contributed by atoms with van der Waals surface area (Å²) in [4.78, 5) is 34.7. The van der Waals surface area contributed by atoms with E-state index in [0.29, 0.717) is 24.8 Å². The second-order valence-corrected chi connectivity index (χ2v) is 7.16. The van der Waals surface area contributed by atoms with Crippen molar-refractivity contribution in [2.75, 3.05) is 13.7 Å². The number of methoxy groups -OCH3 is 1. The van der Waals surface area contributed by atoms with Gasteiger partial charge >= 0.3 is 5.97 Å². The van der Waals surface area contributed by atoms with Gasteiger partial charge in [0.15, 0.2) is 0 Å². The van der Waals surface area contributed by atoms with E-state index in [2.05, 4.69) is 46.6 Å². The quantitative estimate of drug-likeness (QED) is 0.428. The van der Waals surface area contributed by atoms with Crippen molar-refractivity contribution in [2.24, 2.45) is 0 Å². The van der Waals surface area contributed by atoms with Crippen LogP contribution < -0.4 is 10.6 Å². The molecule has 0 bridgehead atoms. The Morgan fingerprint density at radius 3 is 2.16 bits per heavy atom. The van der Waals surface area contributed by atoms with E-state index in [1.54, 1.807) is 12.3 Å². The maximum Gasteiger partial charge on any atom is 0.325 e. The van der Waals surface area contributed by atoms with Crippen molar-refractivity contribution in [2.45, 2.75) is 39.0 Å². The molecule has 0 aromatic heterocycles. The van der Waals surface area contributed by atoms with Crippen LogP contribution in [0.25, 0.3) is 0 Å². The van der Waals surface area contributed by atoms with Gasteiger partial charge < -0.3 is 15.4 Å². The molecule has 31 heavy (non-hydrogen) atoms. The van der Waals surface area contributed by atoms with Gasteiger partial charge in [-0.2, -0.15) is 0 Å². The summed E-state index contributed by atoms with van der Waals surface area (Å²) in [7, 11) is 1.27. The molecule has 164 valence electrons. The molecule has 0 aliphatic heterocycles. The molecular formula is C25H30N2O4. The average Bonchev–Trinajstić information content (AvgIpc) is 2.80. The fourth-order valence-corrected chi connectivity index (χ4v) is 2.92. The van der Waals surface area contributed by atoms with Gasteiger partial charge in [0.05, 0.1) is 7.11 Å². The Kier molecular flexibility index (Phi) is 10.0. The summed E-state index contributed by atoms with van der Waals surface area (Å²) < 4.78 is 4.45. The molecule has 0 unspecified atom stereocenters. The average molecular weight is 423 g/mol. The fourth-order valence-electron chi connectivity index (χ4n) is 2.92. The van der Waals surface area contributed by atoms with Crippen molar-refractivity contribution in [3.63, 3.8) is 0 Å². The van der Waals surface area contributed by atoms with Crippen LogP contribution in [-0.2, 0) is 27.2 Å². The third-order valence-corrected chi connectivity index (χ3v) is 4.82. The molecule has 6 nitrogen and oxygen atoms in total. The molecule has 0 radical (unpaired) electrons. The number of carbonyl (C=O) groups is 3. The zero-order valence-corrected chi connectivity index (χ0v) is 18.1. The van der Waals surface area contributed by atoms with Crippen molar-refractivity contribution in [3.8, 4) is 0 Å². The number of esters is 1. The molecule has 2 rings (SSSR count).